The summed E-state index contributed by atoms with van der Waals surface area (Å²) in [7, 11) is 0. The molecule has 95 heavy (non-hydrogen) atoms. The molecule has 524 valence electrons. The fraction of sp³-hybridized carbons (Fsp3) is 0.587. The number of aliphatic imine (C=N–C) groups is 1. The van der Waals surface area contributed by atoms with Gasteiger partial charge in [0.1, 0.15) is 54.4 Å². The second-order valence-electron chi connectivity index (χ2n) is 24.1. The molecule has 0 aromatic heterocycles. The molecule has 0 bridgehead atoms. The van der Waals surface area contributed by atoms with Gasteiger partial charge in [0.2, 0.25) is 76.8 Å². The monoisotopic (exact) mass is 1350 g/mol. The molecule has 22 N–H and O–H groups in total. The molecule has 0 spiro atoms. The van der Waals surface area contributed by atoms with Crippen molar-refractivity contribution in [2.24, 2.45) is 51.0 Å². The van der Waals surface area contributed by atoms with Gasteiger partial charge in [-0.2, -0.15) is 11.8 Å². The molecule has 2 aliphatic heterocycles. The van der Waals surface area contributed by atoms with Gasteiger partial charge in [-0.15, -0.1) is 0 Å². The van der Waals surface area contributed by atoms with E-state index in [2.05, 4.69) is 47.5 Å². The molecule has 31 nitrogen and oxygen atoms in total. The maximum absolute atomic E-state index is 14.7. The van der Waals surface area contributed by atoms with Crippen LogP contribution in [-0.2, 0) is 75.2 Å². The SMILES string of the molecule is CSCC[C@H](NC(=O)[C@H](CC(C)C)NC(=O)CNC(=O)[C@H](Cc1ccccc1)NC(=O)[C@H](Cc1ccccc1)NC(=O)[C@H](CCC(N)=O)NC(=O)[C@@H](CCC(N)=O)NC(=O)[C@H]1CCCN1C(=O)[C@H](CCCCN)NC(=O)[C@H]1CCCN1C(=O)[C@@H](N)CCCN=C(N)N)C(N)=O. The zero-order chi connectivity index (χ0) is 70.1. The van der Waals surface area contributed by atoms with Crippen LogP contribution in [0, 0.1) is 5.92 Å². The van der Waals surface area contributed by atoms with Crippen LogP contribution in [0.25, 0.3) is 0 Å². The number of likely N-dealkylation sites (tertiary alicyclic amines) is 2. The third kappa shape index (κ3) is 27.5. The summed E-state index contributed by atoms with van der Waals surface area (Å²) in [6, 6.07) is 4.51. The molecular weight excluding hydrogens is 1250 g/mol. The molecule has 10 atom stereocenters. The Bertz CT molecular complexity index is 2960. The van der Waals surface area contributed by atoms with E-state index in [9.17, 15) is 62.3 Å². The fourth-order valence-electron chi connectivity index (χ4n) is 11.0. The number of thioether (sulfide) groups is 1. The van der Waals surface area contributed by atoms with Crippen LogP contribution in [0.1, 0.15) is 121 Å². The lowest BCUT2D eigenvalue weighted by molar-refractivity contribution is -0.144. The van der Waals surface area contributed by atoms with E-state index in [1.807, 2.05) is 20.1 Å². The summed E-state index contributed by atoms with van der Waals surface area (Å²) in [4.78, 5) is 185. The van der Waals surface area contributed by atoms with Gasteiger partial charge < -0.3 is 92.5 Å². The number of unbranched alkanes of at least 4 members (excludes halogenated alkanes) is 1. The first-order valence-corrected chi connectivity index (χ1v) is 33.6. The number of hydrogen-bond donors (Lipinski definition) is 15. The summed E-state index contributed by atoms with van der Waals surface area (Å²) in [5, 5.41) is 21.1. The molecular formula is C63H98N18O13S. The topological polar surface area (TPSA) is 519 Å². The van der Waals surface area contributed by atoms with Crippen LogP contribution in [0.5, 0.6) is 0 Å². The highest BCUT2D eigenvalue weighted by Gasteiger charge is 2.42. The lowest BCUT2D eigenvalue weighted by Crippen LogP contribution is -2.60. The molecule has 4 rings (SSSR count). The molecule has 2 aliphatic rings. The van der Waals surface area contributed by atoms with Crippen LogP contribution < -0.4 is 82.7 Å². The number of carbonyl (C=O) groups is 13. The number of hydrogen-bond acceptors (Lipinski definition) is 17. The Balaban J connectivity index is 1.56. The van der Waals surface area contributed by atoms with Crippen LogP contribution >= 0.6 is 11.8 Å². The van der Waals surface area contributed by atoms with Gasteiger partial charge in [-0.3, -0.25) is 67.3 Å². The van der Waals surface area contributed by atoms with E-state index < -0.39 is 169 Å². The van der Waals surface area contributed by atoms with E-state index in [1.54, 1.807) is 60.7 Å². The number of benzene rings is 2. The number of nitrogens with zero attached hydrogens (tertiary/aromatic N) is 3. The van der Waals surface area contributed by atoms with Crippen LogP contribution in [0.4, 0.5) is 0 Å². The van der Waals surface area contributed by atoms with Crippen molar-refractivity contribution in [3.05, 3.63) is 71.8 Å². The molecule has 2 aromatic carbocycles. The summed E-state index contributed by atoms with van der Waals surface area (Å²) in [5.74, 6) is -9.80. The van der Waals surface area contributed by atoms with E-state index in [0.717, 1.165) is 0 Å². The van der Waals surface area contributed by atoms with Crippen molar-refractivity contribution in [1.29, 1.82) is 0 Å². The lowest BCUT2D eigenvalue weighted by atomic mass is 10.0. The molecule has 32 heteroatoms. The lowest BCUT2D eigenvalue weighted by Gasteiger charge is -2.32. The number of amides is 13. The predicted molar refractivity (Wildman–Crippen MR) is 356 cm³/mol. The highest BCUT2D eigenvalue weighted by molar-refractivity contribution is 7.98. The van der Waals surface area contributed by atoms with Crippen molar-refractivity contribution in [3.63, 3.8) is 0 Å². The van der Waals surface area contributed by atoms with Gasteiger partial charge in [-0.25, -0.2) is 0 Å². The number of primary amides is 3. The van der Waals surface area contributed by atoms with E-state index in [0.29, 0.717) is 55.4 Å². The largest absolute Gasteiger partial charge is 0.370 e. The first-order chi connectivity index (χ1) is 45.2. The minimum absolute atomic E-state index is 0.0736. The van der Waals surface area contributed by atoms with Gasteiger partial charge in [0.15, 0.2) is 5.96 Å². The second kappa shape index (κ2) is 41.0. The minimum Gasteiger partial charge on any atom is -0.370 e. The van der Waals surface area contributed by atoms with Gasteiger partial charge in [0.25, 0.3) is 0 Å². The standard InChI is InChI=1S/C63H98N18O13S/c1-37(2)33-45(57(89)74-41(53(68)85)27-32-95-3)73-52(84)36-72-54(86)46(34-38-15-6-4-7-16-38)78-58(90)47(35-39-17-8-5-9-18-39)79-56(88)42(23-25-50(66)82)75-55(87)43(24-26-51(67)83)76-59(91)49-22-14-31-81(49)62(94)44(20-10-11-28-64)77-60(92)48-21-13-30-80(48)61(93)40(65)19-12-29-71-63(69)70/h4-9,15-18,37,40-49H,10-14,19-36,64-65H2,1-3H3,(H2,66,82)(H2,67,83)(H2,68,85)(H,72,86)(H,73,84)(H,74,89)(H,75,87)(H,76,91)(H,77,92)(H,78,90)(H,79,88)(H4,69,70,71)/t40-,41-,42-,43+,44-,45-,46-,47-,48+,49+/m0/s1. The van der Waals surface area contributed by atoms with Crippen molar-refractivity contribution >= 4 is 94.5 Å². The quantitative estimate of drug-likeness (QED) is 0.0173. The maximum Gasteiger partial charge on any atom is 0.245 e. The molecule has 2 heterocycles. The Kier molecular flexibility index (Phi) is 33.9. The van der Waals surface area contributed by atoms with Crippen molar-refractivity contribution < 1.29 is 62.3 Å². The van der Waals surface area contributed by atoms with Gasteiger partial charge in [0.05, 0.1) is 12.6 Å². The number of guanidine groups is 1. The Morgan fingerprint density at radius 3 is 1.51 bits per heavy atom. The normalized spacial score (nSPS) is 16.8. The third-order valence-corrected chi connectivity index (χ3v) is 16.7. The van der Waals surface area contributed by atoms with Gasteiger partial charge >= 0.3 is 0 Å². The first kappa shape index (κ1) is 78.5. The Morgan fingerprint density at radius 2 is 1.01 bits per heavy atom. The Labute approximate surface area is 558 Å². The van der Waals surface area contributed by atoms with Crippen LogP contribution in [0.15, 0.2) is 65.7 Å². The Morgan fingerprint density at radius 1 is 0.537 bits per heavy atom. The van der Waals surface area contributed by atoms with Crippen molar-refractivity contribution in [1.82, 2.24) is 52.3 Å². The summed E-state index contributed by atoms with van der Waals surface area (Å²) in [5.41, 5.74) is 40.6. The average Bonchev–Trinajstić information content (AvgIpc) is 1.74. The van der Waals surface area contributed by atoms with E-state index in [1.165, 1.54) is 21.6 Å². The molecule has 2 saturated heterocycles. The maximum atomic E-state index is 14.7. The summed E-state index contributed by atoms with van der Waals surface area (Å²) in [6.07, 6.45) is 3.12. The molecule has 2 fully saturated rings. The Hall–Kier alpha value is -8.91. The molecule has 0 aliphatic carbocycles. The van der Waals surface area contributed by atoms with E-state index in [-0.39, 0.29) is 83.0 Å². The third-order valence-electron chi connectivity index (χ3n) is 16.0. The zero-order valence-corrected chi connectivity index (χ0v) is 55.3. The van der Waals surface area contributed by atoms with E-state index >= 15 is 0 Å². The molecule has 13 amide bonds. The molecule has 0 radical (unpaired) electrons. The summed E-state index contributed by atoms with van der Waals surface area (Å²) in [6.45, 7) is 3.86. The summed E-state index contributed by atoms with van der Waals surface area (Å²) < 4.78 is 0. The van der Waals surface area contributed by atoms with Gasteiger partial charge in [-0.05, 0) is 119 Å². The minimum atomic E-state index is -1.64. The van der Waals surface area contributed by atoms with Crippen molar-refractivity contribution in [3.8, 4) is 0 Å². The van der Waals surface area contributed by atoms with E-state index in [4.69, 9.17) is 40.1 Å². The molecule has 2 aromatic rings. The van der Waals surface area contributed by atoms with Crippen LogP contribution in [0.2, 0.25) is 0 Å². The second-order valence-corrected chi connectivity index (χ2v) is 25.1. The smallest absolute Gasteiger partial charge is 0.245 e. The number of rotatable bonds is 42. The van der Waals surface area contributed by atoms with Gasteiger partial charge in [0, 0.05) is 45.3 Å². The summed E-state index contributed by atoms with van der Waals surface area (Å²) >= 11 is 1.45. The predicted octanol–water partition coefficient (Wildman–Crippen LogP) is -3.71. The van der Waals surface area contributed by atoms with Crippen molar-refractivity contribution in [2.45, 2.75) is 183 Å². The van der Waals surface area contributed by atoms with Crippen LogP contribution in [0.3, 0.4) is 0 Å². The van der Waals surface area contributed by atoms with Crippen molar-refractivity contribution in [2.75, 3.05) is 44.7 Å². The van der Waals surface area contributed by atoms with Gasteiger partial charge in [-0.1, -0.05) is 74.5 Å². The highest BCUT2D eigenvalue weighted by Crippen LogP contribution is 2.24. The first-order valence-electron chi connectivity index (χ1n) is 32.2. The molecule has 0 saturated carbocycles. The number of nitrogens with one attached hydrogen (secondary N) is 8. The number of carbonyl (C=O) groups excluding carboxylic acids is 13. The zero-order valence-electron chi connectivity index (χ0n) is 54.5. The molecule has 0 unspecified atom stereocenters. The number of nitrogens with two attached hydrogens (primary N) is 7. The average molecular weight is 1350 g/mol. The highest BCUT2D eigenvalue weighted by atomic mass is 32.2. The fourth-order valence-corrected chi connectivity index (χ4v) is 11.5. The van der Waals surface area contributed by atoms with Crippen LogP contribution in [-0.4, -0.2) is 198 Å².